The molecule has 0 bridgehead atoms. The van der Waals surface area contributed by atoms with Gasteiger partial charge in [-0.1, -0.05) is 19.8 Å². The molecule has 0 fully saturated rings. The van der Waals surface area contributed by atoms with Crippen molar-refractivity contribution in [2.45, 2.75) is 45.6 Å². The normalized spacial score (nSPS) is 11.9. The van der Waals surface area contributed by atoms with Crippen molar-refractivity contribution >= 4 is 0 Å². The van der Waals surface area contributed by atoms with Crippen LogP contribution in [0.3, 0.4) is 0 Å². The largest absolute Gasteiger partial charge is 0.329 e. The molecule has 0 aromatic heterocycles. The van der Waals surface area contributed by atoms with Crippen molar-refractivity contribution in [1.29, 1.82) is 0 Å². The van der Waals surface area contributed by atoms with E-state index >= 15 is 0 Å². The molecule has 1 atom stereocenters. The van der Waals surface area contributed by atoms with E-state index in [2.05, 4.69) is 24.1 Å². The molecule has 76 valence electrons. The molecule has 0 aromatic rings. The Labute approximate surface area is 82.3 Å². The smallest absolute Gasteiger partial charge is 0.0214 e. The fourth-order valence-corrected chi connectivity index (χ4v) is 1.22. The minimum absolute atomic E-state index is 0.485. The lowest BCUT2D eigenvalue weighted by atomic mass is 10.1. The fourth-order valence-electron chi connectivity index (χ4n) is 1.22. The van der Waals surface area contributed by atoms with Crippen LogP contribution >= 0.6 is 0 Å². The summed E-state index contributed by atoms with van der Waals surface area (Å²) in [6.07, 6.45) is 4.62. The van der Waals surface area contributed by atoms with Crippen molar-refractivity contribution in [3.8, 4) is 11.8 Å². The van der Waals surface area contributed by atoms with Gasteiger partial charge in [-0.2, -0.15) is 0 Å². The molecular formula is C11H22N2. The van der Waals surface area contributed by atoms with Crippen molar-refractivity contribution in [2.75, 3.05) is 13.1 Å². The van der Waals surface area contributed by atoms with Gasteiger partial charge >= 0.3 is 0 Å². The first-order valence-corrected chi connectivity index (χ1v) is 5.18. The van der Waals surface area contributed by atoms with Crippen molar-refractivity contribution in [3.63, 3.8) is 0 Å². The van der Waals surface area contributed by atoms with Crippen LogP contribution in [0.4, 0.5) is 0 Å². The third kappa shape index (κ3) is 7.83. The molecule has 13 heavy (non-hydrogen) atoms. The molecule has 0 heterocycles. The van der Waals surface area contributed by atoms with Gasteiger partial charge in [0, 0.05) is 25.6 Å². The van der Waals surface area contributed by atoms with Crippen molar-refractivity contribution < 1.29 is 0 Å². The van der Waals surface area contributed by atoms with E-state index < -0.39 is 0 Å². The molecule has 0 aliphatic rings. The SMILES string of the molecule is CC#CCCNC(CN)CCCC. The van der Waals surface area contributed by atoms with Gasteiger partial charge < -0.3 is 11.1 Å². The highest BCUT2D eigenvalue weighted by molar-refractivity contribution is 4.95. The van der Waals surface area contributed by atoms with Crippen LogP contribution in [-0.2, 0) is 0 Å². The lowest BCUT2D eigenvalue weighted by Crippen LogP contribution is -2.36. The first-order valence-electron chi connectivity index (χ1n) is 5.18. The lowest BCUT2D eigenvalue weighted by molar-refractivity contribution is 0.477. The Bertz CT molecular complexity index is 155. The summed E-state index contributed by atoms with van der Waals surface area (Å²) in [6, 6.07) is 0.485. The summed E-state index contributed by atoms with van der Waals surface area (Å²) in [5.41, 5.74) is 5.63. The predicted molar refractivity (Wildman–Crippen MR) is 58.4 cm³/mol. The van der Waals surface area contributed by atoms with E-state index in [0.29, 0.717) is 6.04 Å². The summed E-state index contributed by atoms with van der Waals surface area (Å²) in [7, 11) is 0. The minimum atomic E-state index is 0.485. The van der Waals surface area contributed by atoms with Crippen LogP contribution in [0.15, 0.2) is 0 Å². The summed E-state index contributed by atoms with van der Waals surface area (Å²) in [5.74, 6) is 5.91. The highest BCUT2D eigenvalue weighted by Crippen LogP contribution is 1.98. The van der Waals surface area contributed by atoms with E-state index in [4.69, 9.17) is 5.73 Å². The van der Waals surface area contributed by atoms with Crippen LogP contribution in [0.2, 0.25) is 0 Å². The van der Waals surface area contributed by atoms with E-state index in [1.165, 1.54) is 19.3 Å². The Hall–Kier alpha value is -0.520. The van der Waals surface area contributed by atoms with E-state index in [1.54, 1.807) is 0 Å². The molecule has 0 aromatic carbocycles. The summed E-state index contributed by atoms with van der Waals surface area (Å²) in [6.45, 7) is 5.78. The Morgan fingerprint density at radius 2 is 2.23 bits per heavy atom. The van der Waals surface area contributed by atoms with E-state index in [0.717, 1.165) is 19.5 Å². The molecule has 1 unspecified atom stereocenters. The number of unbranched alkanes of at least 4 members (excludes halogenated alkanes) is 1. The van der Waals surface area contributed by atoms with Gasteiger partial charge in [0.1, 0.15) is 0 Å². The third-order valence-electron chi connectivity index (χ3n) is 2.05. The van der Waals surface area contributed by atoms with Crippen LogP contribution in [0.25, 0.3) is 0 Å². The van der Waals surface area contributed by atoms with E-state index in [1.807, 2.05) is 6.92 Å². The number of nitrogens with one attached hydrogen (secondary N) is 1. The summed E-state index contributed by atoms with van der Waals surface area (Å²) in [5, 5.41) is 3.41. The molecule has 3 N–H and O–H groups in total. The first-order chi connectivity index (χ1) is 6.35. The summed E-state index contributed by atoms with van der Waals surface area (Å²) >= 11 is 0. The van der Waals surface area contributed by atoms with E-state index in [-0.39, 0.29) is 0 Å². The zero-order valence-corrected chi connectivity index (χ0v) is 8.90. The lowest BCUT2D eigenvalue weighted by Gasteiger charge is -2.15. The van der Waals surface area contributed by atoms with Gasteiger partial charge in [-0.15, -0.1) is 11.8 Å². The molecule has 0 rings (SSSR count). The zero-order valence-electron chi connectivity index (χ0n) is 8.90. The van der Waals surface area contributed by atoms with Crippen LogP contribution in [0.1, 0.15) is 39.5 Å². The Morgan fingerprint density at radius 3 is 2.77 bits per heavy atom. The predicted octanol–water partition coefficient (Wildman–Crippen LogP) is 1.51. The number of rotatable bonds is 7. The molecule has 0 saturated carbocycles. The maximum Gasteiger partial charge on any atom is 0.0214 e. The second-order valence-electron chi connectivity index (χ2n) is 3.21. The molecule has 0 aliphatic heterocycles. The molecule has 2 nitrogen and oxygen atoms in total. The van der Waals surface area contributed by atoms with Gasteiger partial charge in [-0.05, 0) is 13.3 Å². The molecule has 0 radical (unpaired) electrons. The quantitative estimate of drug-likeness (QED) is 0.462. The standard InChI is InChI=1S/C11H22N2/c1-3-5-7-9-13-11(10-12)8-6-4-2/h11,13H,4,6-10,12H2,1-2H3. The second kappa shape index (κ2) is 9.57. The fraction of sp³-hybridized carbons (Fsp3) is 0.818. The van der Waals surface area contributed by atoms with Crippen LogP contribution in [-0.4, -0.2) is 19.1 Å². The van der Waals surface area contributed by atoms with Crippen molar-refractivity contribution in [3.05, 3.63) is 0 Å². The highest BCUT2D eigenvalue weighted by atomic mass is 14.9. The van der Waals surface area contributed by atoms with Crippen LogP contribution in [0, 0.1) is 11.8 Å². The highest BCUT2D eigenvalue weighted by Gasteiger charge is 2.02. The third-order valence-corrected chi connectivity index (χ3v) is 2.05. The van der Waals surface area contributed by atoms with Gasteiger partial charge in [0.05, 0.1) is 0 Å². The first kappa shape index (κ1) is 12.5. The maximum atomic E-state index is 5.63. The minimum Gasteiger partial charge on any atom is -0.329 e. The van der Waals surface area contributed by atoms with Crippen molar-refractivity contribution in [1.82, 2.24) is 5.32 Å². The Balaban J connectivity index is 3.39. The molecular weight excluding hydrogens is 160 g/mol. The van der Waals surface area contributed by atoms with Gasteiger partial charge in [0.25, 0.3) is 0 Å². The molecule has 2 heteroatoms. The van der Waals surface area contributed by atoms with Gasteiger partial charge in [0.15, 0.2) is 0 Å². The summed E-state index contributed by atoms with van der Waals surface area (Å²) in [4.78, 5) is 0. The number of nitrogens with two attached hydrogens (primary N) is 1. The van der Waals surface area contributed by atoms with Crippen LogP contribution in [0.5, 0.6) is 0 Å². The second-order valence-corrected chi connectivity index (χ2v) is 3.21. The number of hydrogen-bond donors (Lipinski definition) is 2. The van der Waals surface area contributed by atoms with Crippen LogP contribution < -0.4 is 11.1 Å². The molecule has 0 saturated heterocycles. The van der Waals surface area contributed by atoms with Gasteiger partial charge in [0.2, 0.25) is 0 Å². The summed E-state index contributed by atoms with van der Waals surface area (Å²) < 4.78 is 0. The average Bonchev–Trinajstić information content (AvgIpc) is 2.17. The number of hydrogen-bond acceptors (Lipinski definition) is 2. The van der Waals surface area contributed by atoms with E-state index in [9.17, 15) is 0 Å². The Morgan fingerprint density at radius 1 is 1.46 bits per heavy atom. The molecule has 0 amide bonds. The average molecular weight is 182 g/mol. The molecule has 0 spiro atoms. The topological polar surface area (TPSA) is 38.0 Å². The van der Waals surface area contributed by atoms with Gasteiger partial charge in [-0.25, -0.2) is 0 Å². The van der Waals surface area contributed by atoms with Gasteiger partial charge in [-0.3, -0.25) is 0 Å². The maximum absolute atomic E-state index is 5.63. The molecule has 0 aliphatic carbocycles. The van der Waals surface area contributed by atoms with Crippen molar-refractivity contribution in [2.24, 2.45) is 5.73 Å². The zero-order chi connectivity index (χ0) is 9.94. The monoisotopic (exact) mass is 182 g/mol. The Kier molecular flexibility index (Phi) is 9.18.